The fourth-order valence-corrected chi connectivity index (χ4v) is 3.68. The van der Waals surface area contributed by atoms with Crippen molar-refractivity contribution in [3.63, 3.8) is 0 Å². The molecule has 0 aliphatic heterocycles. The van der Waals surface area contributed by atoms with Crippen LogP contribution in [0.2, 0.25) is 0 Å². The van der Waals surface area contributed by atoms with Crippen LogP contribution in [-0.2, 0) is 14.8 Å². The molecule has 0 N–H and O–H groups in total. The van der Waals surface area contributed by atoms with Crippen molar-refractivity contribution in [2.75, 3.05) is 20.2 Å². The van der Waals surface area contributed by atoms with Crippen molar-refractivity contribution in [1.29, 1.82) is 5.26 Å². The first-order chi connectivity index (χ1) is 8.37. The monoisotopic (exact) mass is 288 g/mol. The summed E-state index contributed by atoms with van der Waals surface area (Å²) in [4.78, 5) is 0.389. The topological polar surface area (TPSA) is 70.4 Å². The Balaban J connectivity index is 2.71. The predicted molar refractivity (Wildman–Crippen MR) is 69.9 cm³/mol. The van der Waals surface area contributed by atoms with Gasteiger partial charge in [0, 0.05) is 13.6 Å². The van der Waals surface area contributed by atoms with E-state index < -0.39 is 10.0 Å². The zero-order valence-corrected chi connectivity index (χ0v) is 12.2. The SMILES string of the molecule is CC(C)OCCN(C)S(=O)(=O)c1ccc(C#N)s1. The van der Waals surface area contributed by atoms with Crippen molar-refractivity contribution in [1.82, 2.24) is 4.31 Å². The van der Waals surface area contributed by atoms with E-state index in [0.717, 1.165) is 11.3 Å². The quantitative estimate of drug-likeness (QED) is 0.798. The molecule has 1 aromatic heterocycles. The highest BCUT2D eigenvalue weighted by Crippen LogP contribution is 2.23. The summed E-state index contributed by atoms with van der Waals surface area (Å²) in [6.45, 7) is 4.43. The van der Waals surface area contributed by atoms with Gasteiger partial charge in [-0.3, -0.25) is 0 Å². The van der Waals surface area contributed by atoms with Crippen molar-refractivity contribution >= 4 is 21.4 Å². The van der Waals surface area contributed by atoms with Crippen LogP contribution in [0.4, 0.5) is 0 Å². The molecule has 0 unspecified atom stereocenters. The first kappa shape index (κ1) is 15.1. The molecule has 0 aromatic carbocycles. The Bertz CT molecular complexity index is 529. The third-order valence-electron chi connectivity index (χ3n) is 2.21. The number of ether oxygens (including phenoxy) is 1. The Morgan fingerprint density at radius 2 is 2.17 bits per heavy atom. The van der Waals surface area contributed by atoms with E-state index in [4.69, 9.17) is 10.00 Å². The van der Waals surface area contributed by atoms with Gasteiger partial charge in [-0.2, -0.15) is 9.57 Å². The summed E-state index contributed by atoms with van der Waals surface area (Å²) in [5.41, 5.74) is 0. The lowest BCUT2D eigenvalue weighted by atomic mass is 10.5. The van der Waals surface area contributed by atoms with Crippen molar-refractivity contribution in [3.8, 4) is 6.07 Å². The van der Waals surface area contributed by atoms with Crippen LogP contribution in [-0.4, -0.2) is 39.0 Å². The molecule has 100 valence electrons. The van der Waals surface area contributed by atoms with E-state index in [1.807, 2.05) is 19.9 Å². The number of thiophene rings is 1. The summed E-state index contributed by atoms with van der Waals surface area (Å²) >= 11 is 0.976. The number of rotatable bonds is 6. The van der Waals surface area contributed by atoms with Crippen molar-refractivity contribution in [2.24, 2.45) is 0 Å². The van der Waals surface area contributed by atoms with Gasteiger partial charge in [-0.25, -0.2) is 8.42 Å². The fourth-order valence-electron chi connectivity index (χ4n) is 1.21. The molecule has 0 saturated carbocycles. The maximum absolute atomic E-state index is 12.1. The summed E-state index contributed by atoms with van der Waals surface area (Å²) in [7, 11) is -2.00. The highest BCUT2D eigenvalue weighted by atomic mass is 32.2. The molecule has 0 fully saturated rings. The third kappa shape index (κ3) is 3.78. The average molecular weight is 288 g/mol. The van der Waals surface area contributed by atoms with E-state index in [1.54, 1.807) is 0 Å². The molecule has 5 nitrogen and oxygen atoms in total. The molecule has 0 amide bonds. The normalized spacial score (nSPS) is 12.0. The van der Waals surface area contributed by atoms with Crippen LogP contribution >= 0.6 is 11.3 Å². The van der Waals surface area contributed by atoms with Gasteiger partial charge in [0.2, 0.25) is 0 Å². The molecule has 0 radical (unpaired) electrons. The number of hydrogen-bond acceptors (Lipinski definition) is 5. The molecule has 0 aliphatic carbocycles. The molecule has 0 spiro atoms. The first-order valence-corrected chi connectivity index (χ1v) is 7.71. The molecule has 18 heavy (non-hydrogen) atoms. The van der Waals surface area contributed by atoms with Gasteiger partial charge >= 0.3 is 0 Å². The van der Waals surface area contributed by atoms with Gasteiger partial charge in [0.15, 0.2) is 0 Å². The van der Waals surface area contributed by atoms with Gasteiger partial charge in [0.25, 0.3) is 10.0 Å². The zero-order chi connectivity index (χ0) is 13.8. The zero-order valence-electron chi connectivity index (χ0n) is 10.6. The van der Waals surface area contributed by atoms with E-state index in [-0.39, 0.29) is 10.3 Å². The number of nitrogens with zero attached hydrogens (tertiary/aromatic N) is 2. The fraction of sp³-hybridized carbons (Fsp3) is 0.545. The molecule has 0 saturated heterocycles. The second kappa shape index (κ2) is 6.29. The van der Waals surface area contributed by atoms with E-state index in [9.17, 15) is 8.42 Å². The van der Waals surface area contributed by atoms with Gasteiger partial charge in [-0.05, 0) is 26.0 Å². The van der Waals surface area contributed by atoms with Gasteiger partial charge in [-0.1, -0.05) is 0 Å². The molecule has 1 heterocycles. The van der Waals surface area contributed by atoms with Crippen LogP contribution in [0.3, 0.4) is 0 Å². The Hall–Kier alpha value is -0.940. The summed E-state index contributed by atoms with van der Waals surface area (Å²) < 4.78 is 31.0. The summed E-state index contributed by atoms with van der Waals surface area (Å²) in [5.74, 6) is 0. The second-order valence-electron chi connectivity index (χ2n) is 3.98. The van der Waals surface area contributed by atoms with Crippen molar-refractivity contribution < 1.29 is 13.2 Å². The smallest absolute Gasteiger partial charge is 0.252 e. The minimum absolute atomic E-state index is 0.0769. The Morgan fingerprint density at radius 1 is 1.50 bits per heavy atom. The highest BCUT2D eigenvalue weighted by Gasteiger charge is 2.22. The van der Waals surface area contributed by atoms with E-state index in [2.05, 4.69) is 0 Å². The standard InChI is InChI=1S/C11H16N2O3S2/c1-9(2)16-7-6-13(3)18(14,15)11-5-4-10(8-12)17-11/h4-5,9H,6-7H2,1-3H3. The summed E-state index contributed by atoms with van der Waals surface area (Å²) in [6.07, 6.45) is 0.0769. The van der Waals surface area contributed by atoms with E-state index in [0.29, 0.717) is 18.0 Å². The molecule has 0 atom stereocenters. The first-order valence-electron chi connectivity index (χ1n) is 5.46. The lowest BCUT2D eigenvalue weighted by molar-refractivity contribution is 0.0737. The van der Waals surface area contributed by atoms with Crippen LogP contribution in [0.15, 0.2) is 16.3 Å². The van der Waals surface area contributed by atoms with Gasteiger partial charge in [0.05, 0.1) is 12.7 Å². The maximum atomic E-state index is 12.1. The van der Waals surface area contributed by atoms with Crippen LogP contribution in [0.25, 0.3) is 0 Å². The molecule has 7 heteroatoms. The molecule has 0 aliphatic rings. The van der Waals surface area contributed by atoms with Crippen LogP contribution < -0.4 is 0 Å². The number of hydrogen-bond donors (Lipinski definition) is 0. The Labute approximate surface area is 112 Å². The molecule has 1 rings (SSSR count). The molecular formula is C11H16N2O3S2. The number of nitriles is 1. The van der Waals surface area contributed by atoms with Crippen LogP contribution in [0, 0.1) is 11.3 Å². The minimum atomic E-state index is -3.51. The Kier molecular flexibility index (Phi) is 5.28. The van der Waals surface area contributed by atoms with Gasteiger partial charge < -0.3 is 4.74 Å². The molecule has 0 bridgehead atoms. The minimum Gasteiger partial charge on any atom is -0.377 e. The van der Waals surface area contributed by atoms with Gasteiger partial charge in [0.1, 0.15) is 15.2 Å². The number of sulfonamides is 1. The predicted octanol–water partition coefficient (Wildman–Crippen LogP) is 1.67. The highest BCUT2D eigenvalue weighted by molar-refractivity contribution is 7.91. The van der Waals surface area contributed by atoms with Crippen molar-refractivity contribution in [2.45, 2.75) is 24.2 Å². The third-order valence-corrected chi connectivity index (χ3v) is 5.53. The molecule has 1 aromatic rings. The van der Waals surface area contributed by atoms with Crippen LogP contribution in [0.5, 0.6) is 0 Å². The van der Waals surface area contributed by atoms with E-state index in [1.165, 1.54) is 23.5 Å². The second-order valence-corrected chi connectivity index (χ2v) is 7.33. The lowest BCUT2D eigenvalue weighted by Gasteiger charge is -2.16. The summed E-state index contributed by atoms with van der Waals surface area (Å²) in [5, 5.41) is 8.69. The largest absolute Gasteiger partial charge is 0.377 e. The maximum Gasteiger partial charge on any atom is 0.252 e. The Morgan fingerprint density at radius 3 is 2.67 bits per heavy atom. The van der Waals surface area contributed by atoms with Crippen LogP contribution in [0.1, 0.15) is 18.7 Å². The summed E-state index contributed by atoms with van der Waals surface area (Å²) in [6, 6.07) is 4.89. The van der Waals surface area contributed by atoms with E-state index >= 15 is 0 Å². The van der Waals surface area contributed by atoms with Gasteiger partial charge in [-0.15, -0.1) is 11.3 Å². The lowest BCUT2D eigenvalue weighted by Crippen LogP contribution is -2.30. The number of likely N-dealkylation sites (N-methyl/N-ethyl adjacent to an activating group) is 1. The molecular weight excluding hydrogens is 272 g/mol. The van der Waals surface area contributed by atoms with Crippen molar-refractivity contribution in [3.05, 3.63) is 17.0 Å². The average Bonchev–Trinajstić information content (AvgIpc) is 2.77.